The van der Waals surface area contributed by atoms with Gasteiger partial charge in [-0.15, -0.1) is 12.4 Å². The zero-order chi connectivity index (χ0) is 15.4. The van der Waals surface area contributed by atoms with E-state index in [4.69, 9.17) is 4.52 Å². The van der Waals surface area contributed by atoms with Gasteiger partial charge < -0.3 is 15.2 Å². The summed E-state index contributed by atoms with van der Waals surface area (Å²) < 4.78 is 5.18. The van der Waals surface area contributed by atoms with Crippen molar-refractivity contribution in [2.24, 2.45) is 5.41 Å². The van der Waals surface area contributed by atoms with Crippen molar-refractivity contribution in [3.8, 4) is 11.3 Å². The predicted octanol–water partition coefficient (Wildman–Crippen LogP) is 2.88. The van der Waals surface area contributed by atoms with Gasteiger partial charge in [-0.1, -0.05) is 42.4 Å². The van der Waals surface area contributed by atoms with E-state index in [0.717, 1.165) is 31.5 Å². The number of hydrogen-bond acceptors (Lipinski definition) is 4. The SMILES string of the molecule is CC1(CNC(=O)c2cc(-c3ccccc3)no2)CCNCC1.Cl. The summed E-state index contributed by atoms with van der Waals surface area (Å²) in [6.45, 7) is 4.89. The molecule has 1 aromatic carbocycles. The van der Waals surface area contributed by atoms with E-state index >= 15 is 0 Å². The van der Waals surface area contributed by atoms with E-state index in [9.17, 15) is 4.79 Å². The van der Waals surface area contributed by atoms with Crippen LogP contribution in [0.3, 0.4) is 0 Å². The van der Waals surface area contributed by atoms with Crippen LogP contribution in [-0.2, 0) is 0 Å². The molecule has 3 rings (SSSR count). The van der Waals surface area contributed by atoms with Gasteiger partial charge in [0.2, 0.25) is 5.76 Å². The molecule has 0 unspecified atom stereocenters. The van der Waals surface area contributed by atoms with Crippen molar-refractivity contribution in [3.05, 3.63) is 42.2 Å². The number of amides is 1. The fraction of sp³-hybridized carbons (Fsp3) is 0.412. The molecule has 0 spiro atoms. The number of aromatic nitrogens is 1. The second kappa shape index (κ2) is 7.62. The number of benzene rings is 1. The number of halogens is 1. The van der Waals surface area contributed by atoms with Crippen molar-refractivity contribution in [1.82, 2.24) is 15.8 Å². The highest BCUT2D eigenvalue weighted by atomic mass is 35.5. The highest BCUT2D eigenvalue weighted by molar-refractivity contribution is 5.92. The molecular weight excluding hydrogens is 314 g/mol. The smallest absolute Gasteiger partial charge is 0.289 e. The summed E-state index contributed by atoms with van der Waals surface area (Å²) in [6, 6.07) is 11.4. The minimum absolute atomic E-state index is 0. The molecule has 1 aromatic heterocycles. The van der Waals surface area contributed by atoms with Crippen LogP contribution in [0.15, 0.2) is 40.9 Å². The Morgan fingerprint density at radius 1 is 1.30 bits per heavy atom. The summed E-state index contributed by atoms with van der Waals surface area (Å²) in [7, 11) is 0. The number of carbonyl (C=O) groups is 1. The maximum Gasteiger partial charge on any atom is 0.289 e. The second-order valence-electron chi connectivity index (χ2n) is 6.19. The van der Waals surface area contributed by atoms with Crippen LogP contribution in [0, 0.1) is 5.41 Å². The molecule has 2 N–H and O–H groups in total. The molecule has 0 radical (unpaired) electrons. The van der Waals surface area contributed by atoms with Gasteiger partial charge >= 0.3 is 0 Å². The molecule has 1 fully saturated rings. The second-order valence-corrected chi connectivity index (χ2v) is 6.19. The van der Waals surface area contributed by atoms with E-state index in [1.54, 1.807) is 6.07 Å². The molecule has 0 bridgehead atoms. The highest BCUT2D eigenvalue weighted by Crippen LogP contribution is 2.27. The van der Waals surface area contributed by atoms with Crippen molar-refractivity contribution < 1.29 is 9.32 Å². The summed E-state index contributed by atoms with van der Waals surface area (Å²) in [4.78, 5) is 12.2. The molecule has 2 heterocycles. The monoisotopic (exact) mass is 335 g/mol. The molecule has 23 heavy (non-hydrogen) atoms. The van der Waals surface area contributed by atoms with Crippen LogP contribution in [0.1, 0.15) is 30.3 Å². The first-order chi connectivity index (χ1) is 10.7. The Labute approximate surface area is 142 Å². The Balaban J connectivity index is 0.00000192. The molecule has 1 aliphatic rings. The predicted molar refractivity (Wildman–Crippen MR) is 91.7 cm³/mol. The van der Waals surface area contributed by atoms with Gasteiger partial charge in [0.1, 0.15) is 5.69 Å². The number of nitrogens with one attached hydrogen (secondary N) is 2. The van der Waals surface area contributed by atoms with Gasteiger partial charge in [-0.25, -0.2) is 0 Å². The molecule has 1 aliphatic heterocycles. The number of nitrogens with zero attached hydrogens (tertiary/aromatic N) is 1. The Kier molecular flexibility index (Phi) is 5.80. The van der Waals surface area contributed by atoms with Crippen LogP contribution in [0.2, 0.25) is 0 Å². The van der Waals surface area contributed by atoms with Crippen molar-refractivity contribution in [3.63, 3.8) is 0 Å². The number of hydrogen-bond donors (Lipinski definition) is 2. The van der Waals surface area contributed by atoms with E-state index in [0.29, 0.717) is 12.2 Å². The summed E-state index contributed by atoms with van der Waals surface area (Å²) in [5.41, 5.74) is 1.78. The van der Waals surface area contributed by atoms with Gasteiger partial charge in [0.15, 0.2) is 0 Å². The maximum atomic E-state index is 12.2. The molecule has 0 atom stereocenters. The lowest BCUT2D eigenvalue weighted by molar-refractivity contribution is 0.0885. The van der Waals surface area contributed by atoms with Gasteiger partial charge in [0, 0.05) is 18.2 Å². The largest absolute Gasteiger partial charge is 0.350 e. The van der Waals surface area contributed by atoms with Crippen molar-refractivity contribution in [2.45, 2.75) is 19.8 Å². The van der Waals surface area contributed by atoms with Crippen LogP contribution < -0.4 is 10.6 Å². The first-order valence-electron chi connectivity index (χ1n) is 7.67. The summed E-state index contributed by atoms with van der Waals surface area (Å²) in [5, 5.41) is 10.3. The van der Waals surface area contributed by atoms with Crippen LogP contribution in [-0.4, -0.2) is 30.7 Å². The van der Waals surface area contributed by atoms with E-state index in [2.05, 4.69) is 22.7 Å². The minimum atomic E-state index is -0.200. The zero-order valence-electron chi connectivity index (χ0n) is 13.2. The van der Waals surface area contributed by atoms with Gasteiger partial charge in [-0.3, -0.25) is 4.79 Å². The third-order valence-corrected chi connectivity index (χ3v) is 4.29. The number of rotatable bonds is 4. The van der Waals surface area contributed by atoms with E-state index in [1.165, 1.54) is 0 Å². The van der Waals surface area contributed by atoms with Crippen molar-refractivity contribution in [1.29, 1.82) is 0 Å². The minimum Gasteiger partial charge on any atom is -0.350 e. The zero-order valence-corrected chi connectivity index (χ0v) is 14.0. The molecule has 1 amide bonds. The fourth-order valence-electron chi connectivity index (χ4n) is 2.72. The van der Waals surface area contributed by atoms with Gasteiger partial charge in [-0.2, -0.15) is 0 Å². The topological polar surface area (TPSA) is 67.2 Å². The summed E-state index contributed by atoms with van der Waals surface area (Å²) in [6.07, 6.45) is 2.14. The van der Waals surface area contributed by atoms with Crippen LogP contribution in [0.25, 0.3) is 11.3 Å². The normalized spacial score (nSPS) is 16.4. The fourth-order valence-corrected chi connectivity index (χ4v) is 2.72. The Morgan fingerprint density at radius 2 is 2.00 bits per heavy atom. The van der Waals surface area contributed by atoms with E-state index in [-0.39, 0.29) is 29.5 Å². The third kappa shape index (κ3) is 4.33. The molecule has 0 aliphatic carbocycles. The number of piperidine rings is 1. The van der Waals surface area contributed by atoms with Gasteiger partial charge in [0.05, 0.1) is 0 Å². The standard InChI is InChI=1S/C17H21N3O2.ClH/c1-17(7-9-18-10-8-17)12-19-16(21)15-11-14(20-22-15)13-5-3-2-4-6-13;/h2-6,11,18H,7-10,12H2,1H3,(H,19,21);1H. The average Bonchev–Trinajstić information content (AvgIpc) is 3.04. The van der Waals surface area contributed by atoms with Crippen molar-refractivity contribution in [2.75, 3.05) is 19.6 Å². The Morgan fingerprint density at radius 3 is 2.70 bits per heavy atom. The van der Waals surface area contributed by atoms with Gasteiger partial charge in [0.25, 0.3) is 5.91 Å². The lowest BCUT2D eigenvalue weighted by Gasteiger charge is -2.33. The highest BCUT2D eigenvalue weighted by Gasteiger charge is 2.27. The molecule has 5 nitrogen and oxygen atoms in total. The average molecular weight is 336 g/mol. The van der Waals surface area contributed by atoms with Crippen LogP contribution in [0.5, 0.6) is 0 Å². The van der Waals surface area contributed by atoms with Gasteiger partial charge in [-0.05, 0) is 31.3 Å². The molecule has 2 aromatic rings. The lowest BCUT2D eigenvalue weighted by atomic mass is 9.81. The molecule has 6 heteroatoms. The summed E-state index contributed by atoms with van der Waals surface area (Å²) >= 11 is 0. The maximum absolute atomic E-state index is 12.2. The van der Waals surface area contributed by atoms with E-state index in [1.807, 2.05) is 30.3 Å². The molecular formula is C17H22ClN3O2. The summed E-state index contributed by atoms with van der Waals surface area (Å²) in [5.74, 6) is 0.0610. The van der Waals surface area contributed by atoms with E-state index < -0.39 is 0 Å². The first-order valence-corrected chi connectivity index (χ1v) is 7.67. The van der Waals surface area contributed by atoms with Crippen LogP contribution >= 0.6 is 12.4 Å². The third-order valence-electron chi connectivity index (χ3n) is 4.29. The van der Waals surface area contributed by atoms with Crippen molar-refractivity contribution >= 4 is 18.3 Å². The quantitative estimate of drug-likeness (QED) is 0.901. The number of carbonyl (C=O) groups excluding carboxylic acids is 1. The lowest BCUT2D eigenvalue weighted by Crippen LogP contribution is -2.42. The first kappa shape index (κ1) is 17.5. The molecule has 124 valence electrons. The Hall–Kier alpha value is -1.85. The Bertz CT molecular complexity index is 636. The molecule has 0 saturated carbocycles. The molecule has 1 saturated heterocycles. The van der Waals surface area contributed by atoms with Crippen LogP contribution in [0.4, 0.5) is 0 Å².